The standard InChI is InChI=1S/C10H4BrNO2S2/c11-9-3-8-7(16-9)2-6(15-8)1-5(4-12)10(13)14/h1-3H,(H,13,14). The van der Waals surface area contributed by atoms with Gasteiger partial charge in [0.2, 0.25) is 0 Å². The van der Waals surface area contributed by atoms with Crippen molar-refractivity contribution in [2.24, 2.45) is 0 Å². The number of carbonyl (C=O) groups is 1. The van der Waals surface area contributed by atoms with E-state index in [1.54, 1.807) is 17.4 Å². The van der Waals surface area contributed by atoms with E-state index >= 15 is 0 Å². The zero-order valence-corrected chi connectivity index (χ0v) is 10.9. The van der Waals surface area contributed by atoms with Gasteiger partial charge in [0.05, 0.1) is 3.79 Å². The number of nitrogens with zero attached hydrogens (tertiary/aromatic N) is 1. The number of fused-ring (bicyclic) bond motifs is 1. The van der Waals surface area contributed by atoms with Gasteiger partial charge < -0.3 is 5.11 Å². The van der Waals surface area contributed by atoms with E-state index in [-0.39, 0.29) is 5.57 Å². The second kappa shape index (κ2) is 4.37. The molecule has 0 aromatic carbocycles. The van der Waals surface area contributed by atoms with Crippen LogP contribution >= 0.6 is 38.6 Å². The van der Waals surface area contributed by atoms with Gasteiger partial charge in [-0.25, -0.2) is 4.79 Å². The van der Waals surface area contributed by atoms with E-state index in [2.05, 4.69) is 15.9 Å². The third kappa shape index (κ3) is 2.16. The minimum Gasteiger partial charge on any atom is -0.477 e. The highest BCUT2D eigenvalue weighted by Crippen LogP contribution is 2.36. The molecule has 0 radical (unpaired) electrons. The SMILES string of the molecule is N#CC(=Cc1cc2sc(Br)cc2s1)C(=O)O. The Morgan fingerprint density at radius 2 is 2.12 bits per heavy atom. The number of thiophene rings is 2. The molecule has 2 rings (SSSR count). The van der Waals surface area contributed by atoms with Crippen LogP contribution in [0.3, 0.4) is 0 Å². The van der Waals surface area contributed by atoms with E-state index in [0.717, 1.165) is 18.1 Å². The van der Waals surface area contributed by atoms with E-state index < -0.39 is 5.97 Å². The fraction of sp³-hybridized carbons (Fsp3) is 0. The molecule has 0 saturated carbocycles. The fourth-order valence-corrected chi connectivity index (χ4v) is 4.16. The quantitative estimate of drug-likeness (QED) is 0.679. The predicted octanol–water partition coefficient (Wildman–Crippen LogP) is 3.72. The van der Waals surface area contributed by atoms with Gasteiger partial charge in [-0.2, -0.15) is 5.26 Å². The smallest absolute Gasteiger partial charge is 0.346 e. The molecular formula is C10H4BrNO2S2. The van der Waals surface area contributed by atoms with Gasteiger partial charge in [0, 0.05) is 14.3 Å². The van der Waals surface area contributed by atoms with Crippen molar-refractivity contribution in [2.45, 2.75) is 0 Å². The molecule has 80 valence electrons. The van der Waals surface area contributed by atoms with Crippen molar-refractivity contribution in [1.29, 1.82) is 5.26 Å². The maximum Gasteiger partial charge on any atom is 0.346 e. The summed E-state index contributed by atoms with van der Waals surface area (Å²) in [5.74, 6) is -1.19. The molecule has 0 atom stereocenters. The molecular weight excluding hydrogens is 310 g/mol. The average Bonchev–Trinajstić information content (AvgIpc) is 2.70. The number of carboxylic acids is 1. The molecule has 0 aliphatic rings. The monoisotopic (exact) mass is 313 g/mol. The first kappa shape index (κ1) is 11.3. The van der Waals surface area contributed by atoms with Crippen molar-refractivity contribution in [2.75, 3.05) is 0 Å². The topological polar surface area (TPSA) is 61.1 Å². The number of rotatable bonds is 2. The fourth-order valence-electron chi connectivity index (χ4n) is 1.18. The first-order valence-electron chi connectivity index (χ1n) is 4.14. The molecule has 0 saturated heterocycles. The van der Waals surface area contributed by atoms with Crippen LogP contribution in [0.15, 0.2) is 21.5 Å². The van der Waals surface area contributed by atoms with Gasteiger partial charge in [-0.15, -0.1) is 22.7 Å². The summed E-state index contributed by atoms with van der Waals surface area (Å²) in [6, 6.07) is 5.53. The van der Waals surface area contributed by atoms with E-state index in [1.807, 2.05) is 12.1 Å². The number of carboxylic acid groups (broad SMARTS) is 1. The number of hydrogen-bond donors (Lipinski definition) is 1. The van der Waals surface area contributed by atoms with E-state index in [9.17, 15) is 4.79 Å². The Balaban J connectivity index is 2.45. The van der Waals surface area contributed by atoms with Crippen molar-refractivity contribution >= 4 is 60.0 Å². The molecule has 3 nitrogen and oxygen atoms in total. The molecule has 0 aliphatic heterocycles. The summed E-state index contributed by atoms with van der Waals surface area (Å²) in [5.41, 5.74) is -0.243. The lowest BCUT2D eigenvalue weighted by atomic mass is 10.2. The highest BCUT2D eigenvalue weighted by Gasteiger charge is 2.09. The summed E-state index contributed by atoms with van der Waals surface area (Å²) in [6.45, 7) is 0. The van der Waals surface area contributed by atoms with Crippen LogP contribution in [0.1, 0.15) is 4.88 Å². The van der Waals surface area contributed by atoms with Crippen LogP contribution in [0, 0.1) is 11.3 Å². The van der Waals surface area contributed by atoms with Crippen LogP contribution in [0.4, 0.5) is 0 Å². The van der Waals surface area contributed by atoms with E-state index in [4.69, 9.17) is 10.4 Å². The predicted molar refractivity (Wildman–Crippen MR) is 68.6 cm³/mol. The van der Waals surface area contributed by atoms with E-state index in [0.29, 0.717) is 0 Å². The molecule has 2 aromatic heterocycles. The largest absolute Gasteiger partial charge is 0.477 e. The maximum absolute atomic E-state index is 10.7. The molecule has 0 amide bonds. The summed E-state index contributed by atoms with van der Waals surface area (Å²) >= 11 is 6.43. The molecule has 6 heteroatoms. The Morgan fingerprint density at radius 1 is 1.44 bits per heavy atom. The maximum atomic E-state index is 10.7. The molecule has 0 bridgehead atoms. The molecule has 0 fully saturated rings. The van der Waals surface area contributed by atoms with Crippen molar-refractivity contribution in [3.05, 3.63) is 26.4 Å². The van der Waals surface area contributed by atoms with Gasteiger partial charge in [-0.1, -0.05) is 0 Å². The average molecular weight is 314 g/mol. The van der Waals surface area contributed by atoms with Crippen LogP contribution < -0.4 is 0 Å². The minimum absolute atomic E-state index is 0.243. The Bertz CT molecular complexity index is 601. The lowest BCUT2D eigenvalue weighted by Gasteiger charge is -1.87. The Morgan fingerprint density at radius 3 is 2.69 bits per heavy atom. The van der Waals surface area contributed by atoms with Crippen LogP contribution in [0.5, 0.6) is 0 Å². The number of halogens is 1. The summed E-state index contributed by atoms with van der Waals surface area (Å²) in [5, 5.41) is 17.3. The van der Waals surface area contributed by atoms with Gasteiger partial charge in [-0.3, -0.25) is 0 Å². The molecule has 1 N–H and O–H groups in total. The number of aliphatic carboxylic acids is 1. The summed E-state index contributed by atoms with van der Waals surface area (Å²) in [7, 11) is 0. The number of nitriles is 1. The third-order valence-electron chi connectivity index (χ3n) is 1.83. The molecule has 16 heavy (non-hydrogen) atoms. The first-order valence-corrected chi connectivity index (χ1v) is 6.56. The molecule has 2 heterocycles. The number of hydrogen-bond acceptors (Lipinski definition) is 4. The Labute approximate surface area is 107 Å². The highest BCUT2D eigenvalue weighted by molar-refractivity contribution is 9.11. The Hall–Kier alpha value is -1.16. The van der Waals surface area contributed by atoms with Gasteiger partial charge in [0.1, 0.15) is 11.6 Å². The lowest BCUT2D eigenvalue weighted by Crippen LogP contribution is -1.96. The molecule has 2 aromatic rings. The summed E-state index contributed by atoms with van der Waals surface area (Å²) in [6.07, 6.45) is 1.40. The van der Waals surface area contributed by atoms with Gasteiger partial charge in [0.15, 0.2) is 0 Å². The highest BCUT2D eigenvalue weighted by atomic mass is 79.9. The Kier molecular flexibility index (Phi) is 3.10. The van der Waals surface area contributed by atoms with Crippen molar-refractivity contribution in [3.63, 3.8) is 0 Å². The molecule has 0 spiro atoms. The van der Waals surface area contributed by atoms with Crippen LogP contribution in [0.2, 0.25) is 0 Å². The molecule has 0 aliphatic carbocycles. The zero-order chi connectivity index (χ0) is 11.7. The van der Waals surface area contributed by atoms with E-state index in [1.165, 1.54) is 17.4 Å². The van der Waals surface area contributed by atoms with Crippen molar-refractivity contribution < 1.29 is 9.90 Å². The first-order chi connectivity index (χ1) is 7.60. The summed E-state index contributed by atoms with van der Waals surface area (Å²) < 4.78 is 3.22. The van der Waals surface area contributed by atoms with Crippen LogP contribution in [-0.4, -0.2) is 11.1 Å². The molecule has 0 unspecified atom stereocenters. The van der Waals surface area contributed by atoms with Crippen LogP contribution in [0.25, 0.3) is 15.5 Å². The van der Waals surface area contributed by atoms with Gasteiger partial charge >= 0.3 is 5.97 Å². The second-order valence-corrected chi connectivity index (χ2v) is 6.48. The second-order valence-electron chi connectivity index (χ2n) is 2.90. The van der Waals surface area contributed by atoms with Gasteiger partial charge in [0.25, 0.3) is 0 Å². The van der Waals surface area contributed by atoms with Crippen LogP contribution in [-0.2, 0) is 4.79 Å². The lowest BCUT2D eigenvalue weighted by molar-refractivity contribution is -0.132. The normalized spacial score (nSPS) is 11.6. The minimum atomic E-state index is -1.19. The summed E-state index contributed by atoms with van der Waals surface area (Å²) in [4.78, 5) is 11.4. The zero-order valence-electron chi connectivity index (χ0n) is 7.73. The van der Waals surface area contributed by atoms with Crippen molar-refractivity contribution in [1.82, 2.24) is 0 Å². The van der Waals surface area contributed by atoms with Crippen molar-refractivity contribution in [3.8, 4) is 6.07 Å². The van der Waals surface area contributed by atoms with Gasteiger partial charge in [-0.05, 0) is 34.1 Å². The third-order valence-corrected chi connectivity index (χ3v) is 4.58.